The summed E-state index contributed by atoms with van der Waals surface area (Å²) < 4.78 is 26.3. The molecule has 2 radical (unpaired) electrons. The third-order valence-corrected chi connectivity index (χ3v) is 6.34. The van der Waals surface area contributed by atoms with E-state index in [-0.39, 0.29) is 51.3 Å². The maximum atomic E-state index is 12.6. The molecule has 3 heterocycles. The van der Waals surface area contributed by atoms with Crippen LogP contribution in [0.4, 0.5) is 0 Å². The fraction of sp³-hybridized carbons (Fsp3) is 0.346. The molecule has 0 saturated carbocycles. The van der Waals surface area contributed by atoms with Gasteiger partial charge in [0.2, 0.25) is 0 Å². The van der Waals surface area contributed by atoms with Crippen molar-refractivity contribution in [1.82, 2.24) is 9.55 Å². The van der Waals surface area contributed by atoms with Gasteiger partial charge in [0.15, 0.2) is 6.23 Å². The third-order valence-electron chi connectivity index (χ3n) is 6.34. The summed E-state index contributed by atoms with van der Waals surface area (Å²) in [6.45, 7) is 6.62. The van der Waals surface area contributed by atoms with Crippen molar-refractivity contribution < 1.29 is 51.7 Å². The topological polar surface area (TPSA) is 94.9 Å². The van der Waals surface area contributed by atoms with Crippen molar-refractivity contribution in [3.8, 4) is 5.88 Å². The van der Waals surface area contributed by atoms with E-state index in [9.17, 15) is 9.90 Å². The van der Waals surface area contributed by atoms with Crippen LogP contribution in [0.5, 0.6) is 5.88 Å². The molecule has 10 heteroatoms. The summed E-state index contributed by atoms with van der Waals surface area (Å²) in [7, 11) is 0. The minimum absolute atomic E-state index is 0. The van der Waals surface area contributed by atoms with Crippen LogP contribution in [0.2, 0.25) is 0 Å². The van der Waals surface area contributed by atoms with Crippen molar-refractivity contribution in [3.63, 3.8) is 0 Å². The third kappa shape index (κ3) is 5.61. The molecule has 2 saturated heterocycles. The number of benzene rings is 2. The Hall–Kier alpha value is -1.62. The minimum atomic E-state index is -1.04. The normalized spacial score (nSPS) is 26.3. The summed E-state index contributed by atoms with van der Waals surface area (Å²) in [5.74, 6) is -0.557. The molecule has 2 aromatic carbocycles. The molecule has 0 aliphatic carbocycles. The average Bonchev–Trinajstić information content (AvgIpc) is 3.29. The van der Waals surface area contributed by atoms with Crippen molar-refractivity contribution in [3.05, 3.63) is 101 Å². The van der Waals surface area contributed by atoms with Crippen LogP contribution in [0.3, 0.4) is 0 Å². The molecule has 8 nitrogen and oxygen atoms in total. The number of aromatic nitrogens is 2. The van der Waals surface area contributed by atoms with Crippen LogP contribution < -0.4 is 10.8 Å². The number of fused-ring (bicyclic) bond motifs is 2. The number of rotatable bonds is 8. The quantitative estimate of drug-likeness (QED) is 0.328. The molecule has 2 aliphatic heterocycles. The van der Waals surface area contributed by atoms with E-state index in [0.717, 1.165) is 11.1 Å². The summed E-state index contributed by atoms with van der Waals surface area (Å²) >= 11 is 0. The van der Waals surface area contributed by atoms with Crippen molar-refractivity contribution in [2.45, 2.75) is 50.3 Å². The van der Waals surface area contributed by atoms with Gasteiger partial charge in [-0.2, -0.15) is 0 Å². The Kier molecular flexibility index (Phi) is 9.87. The predicted octanol–water partition coefficient (Wildman–Crippen LogP) is 2.87. The second kappa shape index (κ2) is 12.3. The van der Waals surface area contributed by atoms with Gasteiger partial charge in [0.25, 0.3) is 0 Å². The number of ether oxygens (including phenoxy) is 4. The summed E-state index contributed by atoms with van der Waals surface area (Å²) in [4.78, 5) is 16.1. The molecule has 2 aliphatic rings. The minimum Gasteiger partial charge on any atom is -0.858 e. The molecule has 186 valence electrons. The first kappa shape index (κ1) is 28.9. The second-order valence-corrected chi connectivity index (χ2v) is 8.67. The number of hydrogen-bond donors (Lipinski definition) is 0. The smallest absolute Gasteiger partial charge is 0.858 e. The number of halogens is 1. The molecule has 36 heavy (non-hydrogen) atoms. The van der Waals surface area contributed by atoms with Crippen LogP contribution in [0, 0.1) is 13.8 Å². The first-order valence-electron chi connectivity index (χ1n) is 11.2. The Bertz CT molecular complexity index is 1200. The van der Waals surface area contributed by atoms with E-state index >= 15 is 0 Å². The van der Waals surface area contributed by atoms with E-state index in [1.165, 1.54) is 10.8 Å². The van der Waals surface area contributed by atoms with Crippen LogP contribution in [0.15, 0.2) is 71.7 Å². The summed E-state index contributed by atoms with van der Waals surface area (Å²) in [6, 6.07) is 19.6. The van der Waals surface area contributed by atoms with Crippen molar-refractivity contribution in [2.24, 2.45) is 0 Å². The van der Waals surface area contributed by atoms with Gasteiger partial charge in [0, 0.05) is 6.20 Å². The molecule has 2 fully saturated rings. The zero-order valence-corrected chi connectivity index (χ0v) is 27.2. The molecule has 2 bridgehead atoms. The average molecular weight is 744 g/mol. The molecule has 0 amide bonds. The largest absolute Gasteiger partial charge is 1.00 e. The SMILES string of the molecule is Br.[CH2][C@@H]1OC2[C@H](n3cc(C)c([O-])nc3=O)O[C@]1(COCc1ccccc1)[C@H]2OCc1ccccc1.[Hg+]. The Morgan fingerprint density at radius 3 is 2.33 bits per heavy atom. The fourth-order valence-corrected chi connectivity index (χ4v) is 4.55. The zero-order chi connectivity index (χ0) is 23.7. The summed E-state index contributed by atoms with van der Waals surface area (Å²) in [5, 5.41) is 11.8. The molecular formula is C26H27BrHgN2O6. The Morgan fingerprint density at radius 1 is 1.08 bits per heavy atom. The standard InChI is InChI=1S/C26H27N2O6.BrH.Hg/c1-17-13-28(25(30)27-23(17)29)24-21-22(32-15-20-11-7-4-8-12-20)26(34-24,18(2)33-21)16-31-14-19-9-5-3-6-10-19;;/h3-13,18,21-22,24H,2,14-16H2,1H3,(H,27,29,30);1H;/q;;+1/p-1/t18-,21?,22-,24+,26-;;/m0../s1. The maximum Gasteiger partial charge on any atom is 1.00 e. The number of nitrogens with zero attached hydrogens (tertiary/aromatic N) is 2. The van der Waals surface area contributed by atoms with Gasteiger partial charge < -0.3 is 24.1 Å². The molecular weight excluding hydrogens is 717 g/mol. The van der Waals surface area contributed by atoms with Gasteiger partial charge in [-0.15, -0.1) is 17.0 Å². The molecule has 3 aromatic rings. The maximum absolute atomic E-state index is 12.6. The molecule has 5 rings (SSSR count). The van der Waals surface area contributed by atoms with Crippen molar-refractivity contribution in [2.75, 3.05) is 6.61 Å². The van der Waals surface area contributed by atoms with Crippen molar-refractivity contribution in [1.29, 1.82) is 0 Å². The van der Waals surface area contributed by atoms with Gasteiger partial charge in [-0.05, 0) is 36.4 Å². The first-order valence-corrected chi connectivity index (χ1v) is 11.2. The van der Waals surface area contributed by atoms with Gasteiger partial charge >= 0.3 is 33.4 Å². The van der Waals surface area contributed by atoms with E-state index in [2.05, 4.69) is 11.9 Å². The van der Waals surface area contributed by atoms with E-state index < -0.39 is 41.7 Å². The molecule has 5 atom stereocenters. The van der Waals surface area contributed by atoms with Gasteiger partial charge in [0.05, 0.1) is 25.9 Å². The second-order valence-electron chi connectivity index (χ2n) is 8.67. The van der Waals surface area contributed by atoms with E-state index in [1.54, 1.807) is 6.92 Å². The van der Waals surface area contributed by atoms with Gasteiger partial charge in [-0.25, -0.2) is 9.78 Å². The number of aryl methyl sites for hydroxylation is 1. The zero-order valence-electron chi connectivity index (χ0n) is 19.9. The Balaban J connectivity index is 0.00000180. The van der Waals surface area contributed by atoms with Gasteiger partial charge in [0.1, 0.15) is 17.8 Å². The molecule has 1 aromatic heterocycles. The van der Waals surface area contributed by atoms with Gasteiger partial charge in [-0.1, -0.05) is 60.7 Å². The fourth-order valence-electron chi connectivity index (χ4n) is 4.55. The first-order chi connectivity index (χ1) is 16.5. The Morgan fingerprint density at radius 2 is 1.69 bits per heavy atom. The molecule has 0 N–H and O–H groups in total. The van der Waals surface area contributed by atoms with Crippen LogP contribution in [-0.2, 0) is 59.8 Å². The van der Waals surface area contributed by atoms with Crippen LogP contribution in [-0.4, -0.2) is 40.1 Å². The monoisotopic (exact) mass is 744 g/mol. The van der Waals surface area contributed by atoms with E-state index in [1.807, 2.05) is 60.7 Å². The van der Waals surface area contributed by atoms with E-state index in [0.29, 0.717) is 18.8 Å². The molecule has 0 spiro atoms. The van der Waals surface area contributed by atoms with Crippen LogP contribution >= 0.6 is 17.0 Å². The summed E-state index contributed by atoms with van der Waals surface area (Å²) in [5.41, 5.74) is 0.625. The Labute approximate surface area is 240 Å². The van der Waals surface area contributed by atoms with Crippen LogP contribution in [0.1, 0.15) is 22.9 Å². The van der Waals surface area contributed by atoms with Gasteiger partial charge in [-0.3, -0.25) is 4.57 Å². The van der Waals surface area contributed by atoms with Crippen molar-refractivity contribution >= 4 is 17.0 Å². The van der Waals surface area contributed by atoms with Crippen LogP contribution in [0.25, 0.3) is 0 Å². The number of hydrogen-bond acceptors (Lipinski definition) is 7. The van der Waals surface area contributed by atoms with E-state index in [4.69, 9.17) is 18.9 Å². The molecule has 1 unspecified atom stereocenters. The summed E-state index contributed by atoms with van der Waals surface area (Å²) in [6.07, 6.45) is -1.11. The predicted molar refractivity (Wildman–Crippen MR) is 131 cm³/mol.